The second kappa shape index (κ2) is 8.97. The van der Waals surface area contributed by atoms with Crippen molar-refractivity contribution in [1.29, 1.82) is 10.8 Å². The zero-order valence-corrected chi connectivity index (χ0v) is 14.7. The van der Waals surface area contributed by atoms with Gasteiger partial charge < -0.3 is 20.3 Å². The van der Waals surface area contributed by atoms with Crippen LogP contribution in [0.2, 0.25) is 0 Å². The molecule has 0 bridgehead atoms. The third-order valence-electron chi connectivity index (χ3n) is 4.13. The summed E-state index contributed by atoms with van der Waals surface area (Å²) in [5.74, 6) is 1.18. The molecule has 0 heterocycles. The standard InChI is InChI=1S/C20H24N2O3/c1-24-19-12-15-8-7-14(10-16(15)13-20(19)25-2)11-18(23)17(22)6-4-3-5-9-21/h7-10,12-13,21-22H,3-6,11H2,1-2H3. The Bertz CT molecular complexity index is 784. The molecule has 2 aromatic carbocycles. The van der Waals surface area contributed by atoms with Gasteiger partial charge in [-0.15, -0.1) is 0 Å². The van der Waals surface area contributed by atoms with Gasteiger partial charge in [-0.3, -0.25) is 4.79 Å². The second-order valence-electron chi connectivity index (χ2n) is 5.92. The van der Waals surface area contributed by atoms with Crippen molar-refractivity contribution in [3.8, 4) is 11.5 Å². The Hall–Kier alpha value is -2.69. The number of ketones is 1. The topological polar surface area (TPSA) is 83.2 Å². The summed E-state index contributed by atoms with van der Waals surface area (Å²) in [6, 6.07) is 9.62. The lowest BCUT2D eigenvalue weighted by molar-refractivity contribution is -0.112. The van der Waals surface area contributed by atoms with E-state index in [1.54, 1.807) is 14.2 Å². The predicted molar refractivity (Wildman–Crippen MR) is 101 cm³/mol. The molecule has 5 heteroatoms. The van der Waals surface area contributed by atoms with Crippen molar-refractivity contribution < 1.29 is 14.3 Å². The van der Waals surface area contributed by atoms with Crippen LogP contribution >= 0.6 is 0 Å². The minimum Gasteiger partial charge on any atom is -0.493 e. The summed E-state index contributed by atoms with van der Waals surface area (Å²) in [5.41, 5.74) is 1.05. The van der Waals surface area contributed by atoms with Crippen LogP contribution in [-0.2, 0) is 11.2 Å². The van der Waals surface area contributed by atoms with E-state index in [9.17, 15) is 4.79 Å². The Labute approximate surface area is 148 Å². The van der Waals surface area contributed by atoms with E-state index in [4.69, 9.17) is 20.3 Å². The van der Waals surface area contributed by atoms with Crippen LogP contribution in [0.5, 0.6) is 11.5 Å². The van der Waals surface area contributed by atoms with Gasteiger partial charge in [0, 0.05) is 6.42 Å². The van der Waals surface area contributed by atoms with Gasteiger partial charge in [0.25, 0.3) is 0 Å². The summed E-state index contributed by atoms with van der Waals surface area (Å²) in [4.78, 5) is 12.2. The van der Waals surface area contributed by atoms with Crippen LogP contribution in [-0.4, -0.2) is 31.9 Å². The summed E-state index contributed by atoms with van der Waals surface area (Å²) in [6.45, 7) is 0. The molecule has 132 valence electrons. The van der Waals surface area contributed by atoms with Crippen molar-refractivity contribution in [2.45, 2.75) is 32.1 Å². The maximum atomic E-state index is 12.2. The van der Waals surface area contributed by atoms with Gasteiger partial charge in [-0.05, 0) is 60.4 Å². The predicted octanol–water partition coefficient (Wildman–Crippen LogP) is 4.20. The molecule has 0 spiro atoms. The van der Waals surface area contributed by atoms with Crippen molar-refractivity contribution in [1.82, 2.24) is 0 Å². The van der Waals surface area contributed by atoms with Crippen LogP contribution in [0.3, 0.4) is 0 Å². The van der Waals surface area contributed by atoms with Gasteiger partial charge in [-0.1, -0.05) is 18.2 Å². The zero-order chi connectivity index (χ0) is 18.2. The normalized spacial score (nSPS) is 10.5. The van der Waals surface area contributed by atoms with Crippen LogP contribution in [0.4, 0.5) is 0 Å². The third kappa shape index (κ3) is 4.89. The Balaban J connectivity index is 2.09. The van der Waals surface area contributed by atoms with Crippen molar-refractivity contribution in [2.75, 3.05) is 14.2 Å². The second-order valence-corrected chi connectivity index (χ2v) is 5.92. The number of fused-ring (bicyclic) bond motifs is 1. The van der Waals surface area contributed by atoms with Crippen molar-refractivity contribution in [3.63, 3.8) is 0 Å². The van der Waals surface area contributed by atoms with Gasteiger partial charge in [-0.2, -0.15) is 0 Å². The number of hydrogen-bond donors (Lipinski definition) is 2. The molecule has 0 atom stereocenters. The quantitative estimate of drug-likeness (QED) is 0.502. The molecule has 0 saturated carbocycles. The first-order valence-corrected chi connectivity index (χ1v) is 8.33. The highest BCUT2D eigenvalue weighted by Crippen LogP contribution is 2.32. The van der Waals surface area contributed by atoms with E-state index >= 15 is 0 Å². The Morgan fingerprint density at radius 2 is 1.72 bits per heavy atom. The number of Topliss-reactive ketones (excluding diaryl/α,β-unsaturated/α-hetero) is 1. The number of benzene rings is 2. The monoisotopic (exact) mass is 340 g/mol. The maximum Gasteiger partial charge on any atom is 0.180 e. The zero-order valence-electron chi connectivity index (χ0n) is 14.7. The summed E-state index contributed by atoms with van der Waals surface area (Å²) >= 11 is 0. The molecule has 0 aliphatic heterocycles. The fourth-order valence-electron chi connectivity index (χ4n) is 2.71. The minimum atomic E-state index is -0.144. The Kier molecular flexibility index (Phi) is 6.69. The highest BCUT2D eigenvalue weighted by Gasteiger charge is 2.12. The summed E-state index contributed by atoms with van der Waals surface area (Å²) in [7, 11) is 3.20. The van der Waals surface area contributed by atoms with E-state index in [0.717, 1.165) is 29.2 Å². The van der Waals surface area contributed by atoms with Gasteiger partial charge in [0.2, 0.25) is 0 Å². The Morgan fingerprint density at radius 3 is 2.36 bits per heavy atom. The molecule has 5 nitrogen and oxygen atoms in total. The molecule has 25 heavy (non-hydrogen) atoms. The van der Waals surface area contributed by atoms with Crippen LogP contribution in [0.25, 0.3) is 10.8 Å². The molecule has 2 N–H and O–H groups in total. The smallest absolute Gasteiger partial charge is 0.180 e. The molecule has 0 amide bonds. The molecule has 0 saturated heterocycles. The number of ether oxygens (including phenoxy) is 2. The summed E-state index contributed by atoms with van der Waals surface area (Å²) < 4.78 is 10.6. The lowest BCUT2D eigenvalue weighted by Crippen LogP contribution is -2.15. The number of unbranched alkanes of at least 4 members (excludes halogenated alkanes) is 2. The van der Waals surface area contributed by atoms with Gasteiger partial charge in [-0.25, -0.2) is 0 Å². The fraction of sp³-hybridized carbons (Fsp3) is 0.350. The number of methoxy groups -OCH3 is 2. The average molecular weight is 340 g/mol. The molecule has 0 fully saturated rings. The van der Waals surface area contributed by atoms with E-state index in [1.165, 1.54) is 6.21 Å². The molecule has 0 aliphatic carbocycles. The van der Waals surface area contributed by atoms with Gasteiger partial charge in [0.1, 0.15) is 0 Å². The summed E-state index contributed by atoms with van der Waals surface area (Å²) in [6.07, 6.45) is 4.39. The molecule has 0 radical (unpaired) electrons. The highest BCUT2D eigenvalue weighted by molar-refractivity contribution is 6.39. The maximum absolute atomic E-state index is 12.2. The van der Waals surface area contributed by atoms with Gasteiger partial charge in [0.15, 0.2) is 17.3 Å². The van der Waals surface area contributed by atoms with Crippen LogP contribution in [0.15, 0.2) is 30.3 Å². The van der Waals surface area contributed by atoms with Gasteiger partial charge in [0.05, 0.1) is 19.9 Å². The number of carbonyl (C=O) groups excluding carboxylic acids is 1. The van der Waals surface area contributed by atoms with Crippen molar-refractivity contribution in [2.24, 2.45) is 0 Å². The van der Waals surface area contributed by atoms with Gasteiger partial charge >= 0.3 is 0 Å². The first kappa shape index (κ1) is 18.6. The van der Waals surface area contributed by atoms with Crippen molar-refractivity contribution >= 4 is 28.5 Å². The van der Waals surface area contributed by atoms with E-state index in [1.807, 2.05) is 30.3 Å². The first-order chi connectivity index (χ1) is 12.1. The largest absolute Gasteiger partial charge is 0.493 e. The molecule has 0 unspecified atom stereocenters. The third-order valence-corrected chi connectivity index (χ3v) is 4.13. The SMILES string of the molecule is COc1cc2ccc(CC(=O)C(=N)CCCCC=N)cc2cc1OC. The molecule has 2 rings (SSSR count). The molecular weight excluding hydrogens is 316 g/mol. The minimum absolute atomic E-state index is 0.144. The number of rotatable bonds is 10. The van der Waals surface area contributed by atoms with E-state index in [2.05, 4.69) is 0 Å². The lowest BCUT2D eigenvalue weighted by Gasteiger charge is -2.10. The molecule has 0 aromatic heterocycles. The van der Waals surface area contributed by atoms with Crippen LogP contribution in [0, 0.1) is 10.8 Å². The average Bonchev–Trinajstić information content (AvgIpc) is 2.63. The summed E-state index contributed by atoms with van der Waals surface area (Å²) in [5, 5.41) is 16.9. The van der Waals surface area contributed by atoms with E-state index < -0.39 is 0 Å². The number of carbonyl (C=O) groups is 1. The number of hydrogen-bond acceptors (Lipinski definition) is 5. The van der Waals surface area contributed by atoms with Crippen molar-refractivity contribution in [3.05, 3.63) is 35.9 Å². The van der Waals surface area contributed by atoms with Crippen LogP contribution < -0.4 is 9.47 Å². The molecule has 0 aliphatic rings. The number of nitrogens with one attached hydrogen (secondary N) is 2. The lowest BCUT2D eigenvalue weighted by atomic mass is 9.99. The van der Waals surface area contributed by atoms with E-state index in [-0.39, 0.29) is 17.9 Å². The first-order valence-electron chi connectivity index (χ1n) is 8.33. The van der Waals surface area contributed by atoms with Crippen LogP contribution in [0.1, 0.15) is 31.2 Å². The highest BCUT2D eigenvalue weighted by atomic mass is 16.5. The molecule has 2 aromatic rings. The van der Waals surface area contributed by atoms with E-state index in [0.29, 0.717) is 24.3 Å². The Morgan fingerprint density at radius 1 is 1.04 bits per heavy atom. The fourth-order valence-corrected chi connectivity index (χ4v) is 2.71. The molecular formula is C20H24N2O3.